The zero-order chi connectivity index (χ0) is 14.9. The Morgan fingerprint density at radius 3 is 2.55 bits per heavy atom. The molecule has 1 aromatic carbocycles. The van der Waals surface area contributed by atoms with Crippen molar-refractivity contribution >= 4 is 11.6 Å². The van der Waals surface area contributed by atoms with Crippen molar-refractivity contribution < 1.29 is 9.53 Å². The predicted molar refractivity (Wildman–Crippen MR) is 80.1 cm³/mol. The van der Waals surface area contributed by atoms with E-state index in [1.165, 1.54) is 0 Å². The van der Waals surface area contributed by atoms with E-state index in [2.05, 4.69) is 12.2 Å². The van der Waals surface area contributed by atoms with Crippen LogP contribution in [0.15, 0.2) is 24.3 Å². The number of rotatable bonds is 3. The predicted octanol–water partition coefficient (Wildman–Crippen LogP) is 2.51. The molecule has 0 bridgehead atoms. The Kier molecular flexibility index (Phi) is 4.33. The Labute approximate surface area is 120 Å². The van der Waals surface area contributed by atoms with Gasteiger partial charge in [-0.2, -0.15) is 0 Å². The van der Waals surface area contributed by atoms with Crippen LogP contribution >= 0.6 is 0 Å². The molecule has 1 heterocycles. The van der Waals surface area contributed by atoms with Gasteiger partial charge in [0.2, 0.25) is 5.91 Å². The fourth-order valence-electron chi connectivity index (χ4n) is 2.94. The first-order chi connectivity index (χ1) is 9.40. The van der Waals surface area contributed by atoms with Gasteiger partial charge in [0.25, 0.3) is 0 Å². The van der Waals surface area contributed by atoms with E-state index in [1.807, 2.05) is 45.0 Å². The highest BCUT2D eigenvalue weighted by Gasteiger charge is 2.41. The van der Waals surface area contributed by atoms with Crippen molar-refractivity contribution in [3.05, 3.63) is 29.8 Å². The molecule has 0 spiro atoms. The number of benzene rings is 1. The van der Waals surface area contributed by atoms with Crippen LogP contribution in [0.3, 0.4) is 0 Å². The van der Waals surface area contributed by atoms with Gasteiger partial charge >= 0.3 is 0 Å². The third-order valence-corrected chi connectivity index (χ3v) is 4.31. The van der Waals surface area contributed by atoms with Gasteiger partial charge in [0.05, 0.1) is 24.2 Å². The van der Waals surface area contributed by atoms with Gasteiger partial charge in [-0.1, -0.05) is 19.1 Å². The minimum atomic E-state index is -0.0893. The molecular weight excluding hydrogens is 252 g/mol. The van der Waals surface area contributed by atoms with Crippen LogP contribution in [0, 0.1) is 11.8 Å². The van der Waals surface area contributed by atoms with E-state index in [4.69, 9.17) is 10.5 Å². The number of hydrogen-bond acceptors (Lipinski definition) is 3. The summed E-state index contributed by atoms with van der Waals surface area (Å²) in [6, 6.07) is 7.56. The molecule has 1 aliphatic rings. The van der Waals surface area contributed by atoms with Gasteiger partial charge in [-0.15, -0.1) is 0 Å². The number of ether oxygens (including phenoxy) is 1. The number of amides is 1. The van der Waals surface area contributed by atoms with E-state index in [0.717, 1.165) is 5.56 Å². The van der Waals surface area contributed by atoms with Gasteiger partial charge in [-0.25, -0.2) is 0 Å². The second kappa shape index (κ2) is 5.83. The van der Waals surface area contributed by atoms with Gasteiger partial charge in [0.15, 0.2) is 0 Å². The van der Waals surface area contributed by atoms with Crippen LogP contribution in [0.5, 0.6) is 0 Å². The lowest BCUT2D eigenvalue weighted by Gasteiger charge is -2.21. The lowest BCUT2D eigenvalue weighted by molar-refractivity contribution is -0.127. The summed E-state index contributed by atoms with van der Waals surface area (Å²) in [5, 5.41) is 3.07. The molecular formula is C16H24N2O2. The van der Waals surface area contributed by atoms with Crippen molar-refractivity contribution in [3.8, 4) is 0 Å². The van der Waals surface area contributed by atoms with Gasteiger partial charge in [-0.3, -0.25) is 4.79 Å². The van der Waals surface area contributed by atoms with Crippen LogP contribution in [-0.2, 0) is 9.53 Å². The lowest BCUT2D eigenvalue weighted by atomic mass is 9.88. The third-order valence-electron chi connectivity index (χ3n) is 4.31. The molecule has 20 heavy (non-hydrogen) atoms. The standard InChI is InChI=1S/C16H24N2O2/c1-9-11(3)20-12(4)15(9)16(19)18-10(2)13-6-5-7-14(17)8-13/h5-12,15H,17H2,1-4H3,(H,18,19). The summed E-state index contributed by atoms with van der Waals surface area (Å²) in [5.41, 5.74) is 7.51. The fraction of sp³-hybridized carbons (Fsp3) is 0.562. The third kappa shape index (κ3) is 2.96. The Morgan fingerprint density at radius 1 is 1.30 bits per heavy atom. The summed E-state index contributed by atoms with van der Waals surface area (Å²) < 4.78 is 5.73. The van der Waals surface area contributed by atoms with Gasteiger partial charge < -0.3 is 15.8 Å². The number of hydrogen-bond donors (Lipinski definition) is 2. The van der Waals surface area contributed by atoms with Crippen LogP contribution in [0.25, 0.3) is 0 Å². The molecule has 110 valence electrons. The molecule has 0 radical (unpaired) electrons. The average molecular weight is 276 g/mol. The van der Waals surface area contributed by atoms with Gasteiger partial charge in [0.1, 0.15) is 0 Å². The highest BCUT2D eigenvalue weighted by atomic mass is 16.5. The second-order valence-electron chi connectivity index (χ2n) is 5.83. The van der Waals surface area contributed by atoms with E-state index in [0.29, 0.717) is 5.69 Å². The second-order valence-corrected chi connectivity index (χ2v) is 5.83. The van der Waals surface area contributed by atoms with Gasteiger partial charge in [-0.05, 0) is 44.4 Å². The van der Waals surface area contributed by atoms with Crippen LogP contribution in [0.1, 0.15) is 39.3 Å². The summed E-state index contributed by atoms with van der Waals surface area (Å²) in [5.74, 6) is 0.204. The van der Waals surface area contributed by atoms with Crippen LogP contribution < -0.4 is 11.1 Å². The number of nitrogen functional groups attached to an aromatic ring is 1. The SMILES string of the molecule is CC(NC(=O)C1C(C)OC(C)C1C)c1cccc(N)c1. The highest BCUT2D eigenvalue weighted by molar-refractivity contribution is 5.80. The number of nitrogens with two attached hydrogens (primary N) is 1. The summed E-state index contributed by atoms with van der Waals surface area (Å²) >= 11 is 0. The van der Waals surface area contributed by atoms with Crippen molar-refractivity contribution in [1.82, 2.24) is 5.32 Å². The minimum absolute atomic E-state index is 0.0342. The van der Waals surface area contributed by atoms with Crippen molar-refractivity contribution in [3.63, 3.8) is 0 Å². The lowest BCUT2D eigenvalue weighted by Crippen LogP contribution is -2.38. The molecule has 0 saturated carbocycles. The summed E-state index contributed by atoms with van der Waals surface area (Å²) in [6.07, 6.45) is 0.0940. The van der Waals surface area contributed by atoms with Crippen molar-refractivity contribution in [2.45, 2.75) is 45.9 Å². The average Bonchev–Trinajstić information content (AvgIpc) is 2.63. The zero-order valence-corrected chi connectivity index (χ0v) is 12.6. The maximum atomic E-state index is 12.5. The number of carbonyl (C=O) groups excluding carboxylic acids is 1. The molecule has 4 heteroatoms. The molecule has 3 N–H and O–H groups in total. The van der Waals surface area contributed by atoms with Crippen molar-refractivity contribution in [1.29, 1.82) is 0 Å². The fourth-order valence-corrected chi connectivity index (χ4v) is 2.94. The number of carbonyl (C=O) groups is 1. The van der Waals surface area contributed by atoms with Crippen molar-refractivity contribution in [2.75, 3.05) is 5.73 Å². The quantitative estimate of drug-likeness (QED) is 0.834. The zero-order valence-electron chi connectivity index (χ0n) is 12.6. The normalized spacial score (nSPS) is 31.0. The molecule has 5 atom stereocenters. The number of nitrogens with one attached hydrogen (secondary N) is 1. The Morgan fingerprint density at radius 2 is 2.00 bits per heavy atom. The Balaban J connectivity index is 2.04. The van der Waals surface area contributed by atoms with Crippen LogP contribution in [0.4, 0.5) is 5.69 Å². The molecule has 1 aromatic rings. The van der Waals surface area contributed by atoms with Crippen molar-refractivity contribution in [2.24, 2.45) is 11.8 Å². The smallest absolute Gasteiger partial charge is 0.226 e. The first kappa shape index (κ1) is 14.9. The van der Waals surface area contributed by atoms with Gasteiger partial charge in [0, 0.05) is 5.69 Å². The largest absolute Gasteiger partial charge is 0.399 e. The van der Waals surface area contributed by atoms with E-state index in [9.17, 15) is 4.79 Å². The maximum absolute atomic E-state index is 12.5. The molecule has 0 aliphatic carbocycles. The summed E-state index contributed by atoms with van der Waals surface area (Å²) in [4.78, 5) is 12.5. The van der Waals surface area contributed by atoms with Crippen LogP contribution in [0.2, 0.25) is 0 Å². The van der Waals surface area contributed by atoms with E-state index >= 15 is 0 Å². The molecule has 1 amide bonds. The van der Waals surface area contributed by atoms with E-state index < -0.39 is 0 Å². The van der Waals surface area contributed by atoms with Crippen LogP contribution in [-0.4, -0.2) is 18.1 Å². The molecule has 0 aromatic heterocycles. The highest BCUT2D eigenvalue weighted by Crippen LogP contribution is 2.32. The first-order valence-electron chi connectivity index (χ1n) is 7.21. The molecule has 2 rings (SSSR count). The molecule has 1 aliphatic heterocycles. The molecule has 4 nitrogen and oxygen atoms in total. The van der Waals surface area contributed by atoms with E-state index in [-0.39, 0.29) is 36.0 Å². The minimum Gasteiger partial charge on any atom is -0.399 e. The monoisotopic (exact) mass is 276 g/mol. The maximum Gasteiger partial charge on any atom is 0.226 e. The Hall–Kier alpha value is -1.55. The molecule has 1 fully saturated rings. The summed E-state index contributed by atoms with van der Waals surface area (Å²) in [6.45, 7) is 8.04. The summed E-state index contributed by atoms with van der Waals surface area (Å²) in [7, 11) is 0. The molecule has 1 saturated heterocycles. The van der Waals surface area contributed by atoms with E-state index in [1.54, 1.807) is 0 Å². The Bertz CT molecular complexity index is 489. The first-order valence-corrected chi connectivity index (χ1v) is 7.21. The number of anilines is 1. The molecule has 5 unspecified atom stereocenters. The topological polar surface area (TPSA) is 64.3 Å².